The summed E-state index contributed by atoms with van der Waals surface area (Å²) in [5.41, 5.74) is 0. The van der Waals surface area contributed by atoms with Crippen molar-refractivity contribution in [2.45, 2.75) is 4.90 Å². The molecule has 0 fully saturated rings. The van der Waals surface area contributed by atoms with Gasteiger partial charge in [0.1, 0.15) is 5.82 Å². The highest BCUT2D eigenvalue weighted by molar-refractivity contribution is 8.26. The predicted octanol–water partition coefficient (Wildman–Crippen LogP) is 1.99. The first-order valence-corrected chi connectivity index (χ1v) is 5.47. The second kappa shape index (κ2) is 3.29. The van der Waals surface area contributed by atoms with Crippen molar-refractivity contribution >= 4 is 21.1 Å². The molecule has 3 heteroatoms. The minimum absolute atomic E-state index is 0.244. The molecule has 1 nitrogen and oxygen atoms in total. The van der Waals surface area contributed by atoms with Crippen LogP contribution in [0.25, 0.3) is 0 Å². The summed E-state index contributed by atoms with van der Waals surface area (Å²) in [5, 5.41) is 0. The van der Waals surface area contributed by atoms with Gasteiger partial charge >= 0.3 is 0 Å². The van der Waals surface area contributed by atoms with Crippen LogP contribution >= 0.6 is 9.39 Å². The lowest BCUT2D eigenvalue weighted by molar-refractivity contribution is 0.601. The SMILES string of the molecule is C=S(=C)(NC)c1ccccc1F. The van der Waals surface area contributed by atoms with Crippen molar-refractivity contribution in [1.29, 1.82) is 0 Å². The number of halogens is 1. The summed E-state index contributed by atoms with van der Waals surface area (Å²) in [6, 6.07) is 6.57. The van der Waals surface area contributed by atoms with E-state index in [2.05, 4.69) is 16.5 Å². The van der Waals surface area contributed by atoms with Crippen LogP contribution in [0.3, 0.4) is 0 Å². The van der Waals surface area contributed by atoms with Gasteiger partial charge in [-0.3, -0.25) is 4.72 Å². The van der Waals surface area contributed by atoms with Crippen LogP contribution in [0.5, 0.6) is 0 Å². The van der Waals surface area contributed by atoms with Gasteiger partial charge in [0.2, 0.25) is 0 Å². The van der Waals surface area contributed by atoms with Gasteiger partial charge < -0.3 is 0 Å². The Morgan fingerprint density at radius 3 is 2.42 bits per heavy atom. The quantitative estimate of drug-likeness (QED) is 0.695. The van der Waals surface area contributed by atoms with Crippen LogP contribution < -0.4 is 4.72 Å². The first-order chi connectivity index (χ1) is 5.58. The second-order valence-corrected chi connectivity index (χ2v) is 5.13. The molecule has 0 atom stereocenters. The highest BCUT2D eigenvalue weighted by Gasteiger charge is 2.03. The van der Waals surface area contributed by atoms with Gasteiger partial charge in [0.05, 0.1) is 0 Å². The van der Waals surface area contributed by atoms with Crippen molar-refractivity contribution in [3.63, 3.8) is 0 Å². The summed E-state index contributed by atoms with van der Waals surface area (Å²) in [5.74, 6) is 7.44. The Morgan fingerprint density at radius 1 is 1.33 bits per heavy atom. The standard InChI is InChI=1S/C9H12FNS/c1-11-12(2,3)9-7-5-4-6-8(9)10/h4-7,11H,2-3H2,1H3. The maximum Gasteiger partial charge on any atom is 0.136 e. The monoisotopic (exact) mass is 185 g/mol. The van der Waals surface area contributed by atoms with E-state index in [1.54, 1.807) is 25.2 Å². The van der Waals surface area contributed by atoms with Crippen molar-refractivity contribution in [3.05, 3.63) is 30.1 Å². The molecule has 0 saturated heterocycles. The summed E-state index contributed by atoms with van der Waals surface area (Å²) in [6.45, 7) is 0. The molecule has 1 aromatic carbocycles. The van der Waals surface area contributed by atoms with Crippen molar-refractivity contribution in [2.75, 3.05) is 7.05 Å². The minimum atomic E-state index is -1.65. The lowest BCUT2D eigenvalue weighted by Crippen LogP contribution is -2.02. The maximum absolute atomic E-state index is 13.2. The smallest absolute Gasteiger partial charge is 0.136 e. The van der Waals surface area contributed by atoms with Gasteiger partial charge in [-0.15, -0.1) is 9.39 Å². The molecule has 0 bridgehead atoms. The van der Waals surface area contributed by atoms with Crippen molar-refractivity contribution < 1.29 is 4.39 Å². The van der Waals surface area contributed by atoms with Crippen LogP contribution in [0, 0.1) is 5.82 Å². The van der Waals surface area contributed by atoms with Gasteiger partial charge in [-0.1, -0.05) is 23.9 Å². The molecular weight excluding hydrogens is 173 g/mol. The Hall–Kier alpha value is -0.800. The highest BCUT2D eigenvalue weighted by Crippen LogP contribution is 2.28. The minimum Gasteiger partial charge on any atom is -0.275 e. The Balaban J connectivity index is 3.30. The van der Waals surface area contributed by atoms with E-state index in [-0.39, 0.29) is 5.82 Å². The summed E-state index contributed by atoms with van der Waals surface area (Å²) in [4.78, 5) is 0.563. The number of nitrogens with one attached hydrogen (secondary N) is 1. The van der Waals surface area contributed by atoms with Crippen LogP contribution in [-0.4, -0.2) is 18.8 Å². The van der Waals surface area contributed by atoms with E-state index in [9.17, 15) is 4.39 Å². The lowest BCUT2D eigenvalue weighted by Gasteiger charge is -2.13. The molecule has 0 aliphatic heterocycles. The molecule has 0 spiro atoms. The van der Waals surface area contributed by atoms with E-state index < -0.39 is 9.39 Å². The van der Waals surface area contributed by atoms with E-state index in [0.29, 0.717) is 4.90 Å². The van der Waals surface area contributed by atoms with Crippen LogP contribution in [0.4, 0.5) is 4.39 Å². The van der Waals surface area contributed by atoms with E-state index in [0.717, 1.165) is 0 Å². The fraction of sp³-hybridized carbons (Fsp3) is 0.111. The zero-order valence-electron chi connectivity index (χ0n) is 7.01. The molecule has 0 aromatic heterocycles. The van der Waals surface area contributed by atoms with Crippen LogP contribution in [0.15, 0.2) is 29.2 Å². The molecule has 0 aliphatic carbocycles. The second-order valence-electron chi connectivity index (χ2n) is 2.52. The molecule has 1 aromatic rings. The van der Waals surface area contributed by atoms with Crippen molar-refractivity contribution in [3.8, 4) is 0 Å². The molecular formula is C9H12FNS. The first kappa shape index (κ1) is 9.29. The van der Waals surface area contributed by atoms with Crippen molar-refractivity contribution in [2.24, 2.45) is 0 Å². The van der Waals surface area contributed by atoms with Crippen LogP contribution in [-0.2, 0) is 0 Å². The Bertz CT molecular complexity index is 368. The third kappa shape index (κ3) is 1.68. The van der Waals surface area contributed by atoms with Gasteiger partial charge in [0, 0.05) is 4.90 Å². The van der Waals surface area contributed by atoms with Gasteiger partial charge in [-0.05, 0) is 19.2 Å². The van der Waals surface area contributed by atoms with E-state index in [1.807, 2.05) is 0 Å². The summed E-state index contributed by atoms with van der Waals surface area (Å²) < 4.78 is 16.1. The fourth-order valence-corrected chi connectivity index (χ4v) is 1.87. The number of rotatable bonds is 2. The van der Waals surface area contributed by atoms with Crippen molar-refractivity contribution in [1.82, 2.24) is 4.72 Å². The average molecular weight is 185 g/mol. The first-order valence-electron chi connectivity index (χ1n) is 3.50. The highest BCUT2D eigenvalue weighted by atomic mass is 32.2. The Morgan fingerprint density at radius 2 is 1.92 bits per heavy atom. The maximum atomic E-state index is 13.2. The summed E-state index contributed by atoms with van der Waals surface area (Å²) in [6.07, 6.45) is 0. The van der Waals surface area contributed by atoms with E-state index in [1.165, 1.54) is 6.07 Å². The summed E-state index contributed by atoms with van der Waals surface area (Å²) >= 11 is 0. The number of benzene rings is 1. The van der Waals surface area contributed by atoms with Gasteiger partial charge in [0.25, 0.3) is 0 Å². The molecule has 0 unspecified atom stereocenters. The number of hydrogen-bond acceptors (Lipinski definition) is 1. The Kier molecular flexibility index (Phi) is 2.55. The number of hydrogen-bond donors (Lipinski definition) is 1. The molecule has 0 amide bonds. The molecule has 0 heterocycles. The zero-order valence-corrected chi connectivity index (χ0v) is 7.83. The molecule has 0 saturated carbocycles. The van der Waals surface area contributed by atoms with Gasteiger partial charge in [-0.2, -0.15) is 0 Å². The molecule has 1 N–H and O–H groups in total. The largest absolute Gasteiger partial charge is 0.275 e. The third-order valence-corrected chi connectivity index (χ3v) is 3.60. The van der Waals surface area contributed by atoms with E-state index >= 15 is 0 Å². The molecule has 12 heavy (non-hydrogen) atoms. The normalized spacial score (nSPS) is 11.5. The molecule has 0 aliphatic rings. The summed E-state index contributed by atoms with van der Waals surface area (Å²) in [7, 11) is 0.0840. The molecule has 66 valence electrons. The van der Waals surface area contributed by atoms with Crippen LogP contribution in [0.2, 0.25) is 0 Å². The third-order valence-electron chi connectivity index (χ3n) is 1.65. The molecule has 0 radical (unpaired) electrons. The van der Waals surface area contributed by atoms with Gasteiger partial charge in [0.15, 0.2) is 0 Å². The predicted molar refractivity (Wildman–Crippen MR) is 55.6 cm³/mol. The average Bonchev–Trinajstić information content (AvgIpc) is 2.05. The van der Waals surface area contributed by atoms with Gasteiger partial charge in [-0.25, -0.2) is 4.39 Å². The topological polar surface area (TPSA) is 12.0 Å². The zero-order chi connectivity index (χ0) is 9.19. The van der Waals surface area contributed by atoms with E-state index in [4.69, 9.17) is 0 Å². The fourth-order valence-electron chi connectivity index (χ4n) is 0.872. The van der Waals surface area contributed by atoms with Crippen LogP contribution in [0.1, 0.15) is 0 Å². The Labute approximate surface area is 72.8 Å². The molecule has 1 rings (SSSR count). The lowest BCUT2D eigenvalue weighted by atomic mass is 10.3.